The summed E-state index contributed by atoms with van der Waals surface area (Å²) in [7, 11) is 1.76. The van der Waals surface area contributed by atoms with Gasteiger partial charge in [-0.3, -0.25) is 4.99 Å². The first-order valence-corrected chi connectivity index (χ1v) is 10.4. The molecule has 1 unspecified atom stereocenters. The molecule has 0 bridgehead atoms. The number of guanidine groups is 1. The van der Waals surface area contributed by atoms with Gasteiger partial charge in [0.25, 0.3) is 0 Å². The Balaban J connectivity index is 0.00000364. The normalized spacial score (nSPS) is 16.8. The number of nitrogens with zero attached hydrogens (tertiary/aromatic N) is 1. The van der Waals surface area contributed by atoms with Crippen LogP contribution < -0.4 is 10.6 Å². The van der Waals surface area contributed by atoms with Crippen molar-refractivity contribution in [2.45, 2.75) is 18.6 Å². The maximum Gasteiger partial charge on any atom is 0.191 e. The van der Waals surface area contributed by atoms with Crippen LogP contribution in [0.3, 0.4) is 0 Å². The van der Waals surface area contributed by atoms with Crippen LogP contribution in [0, 0.1) is 11.7 Å². The van der Waals surface area contributed by atoms with Gasteiger partial charge in [0.1, 0.15) is 5.82 Å². The van der Waals surface area contributed by atoms with E-state index in [2.05, 4.69) is 15.6 Å². The molecule has 0 amide bonds. The van der Waals surface area contributed by atoms with Crippen LogP contribution in [0.4, 0.5) is 4.39 Å². The summed E-state index contributed by atoms with van der Waals surface area (Å²) >= 11 is 1.70. The van der Waals surface area contributed by atoms with Crippen molar-refractivity contribution in [3.63, 3.8) is 0 Å². The van der Waals surface area contributed by atoms with E-state index >= 15 is 0 Å². The molecule has 5 nitrogen and oxygen atoms in total. The van der Waals surface area contributed by atoms with Crippen LogP contribution >= 0.6 is 35.7 Å². The third-order valence-electron chi connectivity index (χ3n) is 4.11. The molecule has 0 aliphatic carbocycles. The predicted molar refractivity (Wildman–Crippen MR) is 122 cm³/mol. The maximum absolute atomic E-state index is 13.5. The van der Waals surface area contributed by atoms with E-state index in [1.165, 1.54) is 6.07 Å². The lowest BCUT2D eigenvalue weighted by Crippen LogP contribution is -2.39. The monoisotopic (exact) mass is 511 g/mol. The quantitative estimate of drug-likeness (QED) is 0.207. The fraction of sp³-hybridized carbons (Fsp3) is 0.632. The topological polar surface area (TPSA) is 54.9 Å². The second-order valence-electron chi connectivity index (χ2n) is 6.23. The van der Waals surface area contributed by atoms with E-state index < -0.39 is 0 Å². The van der Waals surface area contributed by atoms with Crippen molar-refractivity contribution in [3.05, 3.63) is 35.6 Å². The average Bonchev–Trinajstić information content (AvgIpc) is 3.17. The van der Waals surface area contributed by atoms with E-state index in [4.69, 9.17) is 9.47 Å². The fourth-order valence-electron chi connectivity index (χ4n) is 2.61. The van der Waals surface area contributed by atoms with Gasteiger partial charge in [-0.1, -0.05) is 18.2 Å². The van der Waals surface area contributed by atoms with E-state index in [0.29, 0.717) is 11.7 Å². The van der Waals surface area contributed by atoms with Crippen molar-refractivity contribution < 1.29 is 13.9 Å². The first-order valence-electron chi connectivity index (χ1n) is 9.20. The third-order valence-corrected chi connectivity index (χ3v) is 5.12. The van der Waals surface area contributed by atoms with E-state index in [0.717, 1.165) is 69.6 Å². The summed E-state index contributed by atoms with van der Waals surface area (Å²) in [5, 5.41) is 6.55. The second kappa shape index (κ2) is 15.4. The molecule has 8 heteroatoms. The van der Waals surface area contributed by atoms with Crippen LogP contribution in [0.2, 0.25) is 0 Å². The average molecular weight is 511 g/mol. The van der Waals surface area contributed by atoms with Gasteiger partial charge in [-0.05, 0) is 24.5 Å². The lowest BCUT2D eigenvalue weighted by atomic mass is 10.1. The van der Waals surface area contributed by atoms with E-state index in [1.54, 1.807) is 24.9 Å². The van der Waals surface area contributed by atoms with Crippen LogP contribution in [0.15, 0.2) is 29.3 Å². The van der Waals surface area contributed by atoms with Gasteiger partial charge in [-0.15, -0.1) is 24.0 Å². The highest BCUT2D eigenvalue weighted by atomic mass is 127. The predicted octanol–water partition coefficient (Wildman–Crippen LogP) is 3.29. The number of aliphatic imine (C=N–C) groups is 1. The van der Waals surface area contributed by atoms with Crippen molar-refractivity contribution in [1.29, 1.82) is 0 Å². The number of ether oxygens (including phenoxy) is 2. The molecule has 0 radical (unpaired) electrons. The van der Waals surface area contributed by atoms with Crippen LogP contribution in [-0.2, 0) is 15.2 Å². The molecule has 1 heterocycles. The maximum atomic E-state index is 13.5. The third kappa shape index (κ3) is 10.5. The molecule has 1 aliphatic rings. The highest BCUT2D eigenvalue weighted by Gasteiger charge is 2.15. The fourth-order valence-corrected chi connectivity index (χ4v) is 3.45. The van der Waals surface area contributed by atoms with Crippen LogP contribution in [0.25, 0.3) is 0 Å². The SMILES string of the molecule is CN=C(NCCCOCC1CCOC1)NCCSCc1ccccc1F.I. The molecule has 0 spiro atoms. The number of hydrogen-bond donors (Lipinski definition) is 2. The van der Waals surface area contributed by atoms with E-state index in [-0.39, 0.29) is 29.8 Å². The number of halogens is 2. The number of hydrogen-bond acceptors (Lipinski definition) is 4. The number of thioether (sulfide) groups is 1. The summed E-state index contributed by atoms with van der Waals surface area (Å²) < 4.78 is 24.5. The van der Waals surface area contributed by atoms with Crippen molar-refractivity contribution >= 4 is 41.7 Å². The number of benzene rings is 1. The van der Waals surface area contributed by atoms with Gasteiger partial charge in [-0.25, -0.2) is 4.39 Å². The number of nitrogens with one attached hydrogen (secondary N) is 2. The molecule has 27 heavy (non-hydrogen) atoms. The Labute approximate surface area is 183 Å². The zero-order chi connectivity index (χ0) is 18.5. The molecular formula is C19H31FIN3O2S. The molecule has 1 saturated heterocycles. The molecule has 154 valence electrons. The Morgan fingerprint density at radius 1 is 1.33 bits per heavy atom. The van der Waals surface area contributed by atoms with Crippen LogP contribution in [-0.4, -0.2) is 58.3 Å². The van der Waals surface area contributed by atoms with E-state index in [1.807, 2.05) is 12.1 Å². The van der Waals surface area contributed by atoms with Crippen LogP contribution in [0.5, 0.6) is 0 Å². The zero-order valence-corrected chi connectivity index (χ0v) is 19.1. The zero-order valence-electron chi connectivity index (χ0n) is 15.9. The Kier molecular flexibility index (Phi) is 13.9. The highest BCUT2D eigenvalue weighted by Crippen LogP contribution is 2.14. The Morgan fingerprint density at radius 2 is 2.15 bits per heavy atom. The van der Waals surface area contributed by atoms with Gasteiger partial charge in [0.05, 0.1) is 13.2 Å². The Bertz CT molecular complexity index is 545. The van der Waals surface area contributed by atoms with Gasteiger partial charge in [0.2, 0.25) is 0 Å². The van der Waals surface area contributed by atoms with E-state index in [9.17, 15) is 4.39 Å². The van der Waals surface area contributed by atoms with Crippen molar-refractivity contribution in [2.75, 3.05) is 52.3 Å². The van der Waals surface area contributed by atoms with Crippen LogP contribution in [0.1, 0.15) is 18.4 Å². The summed E-state index contributed by atoms with van der Waals surface area (Å²) in [5.41, 5.74) is 0.754. The van der Waals surface area contributed by atoms with Gasteiger partial charge in [-0.2, -0.15) is 11.8 Å². The van der Waals surface area contributed by atoms with Gasteiger partial charge in [0.15, 0.2) is 5.96 Å². The summed E-state index contributed by atoms with van der Waals surface area (Å²) in [6, 6.07) is 6.92. The Morgan fingerprint density at radius 3 is 2.89 bits per heavy atom. The summed E-state index contributed by atoms with van der Waals surface area (Å²) in [6.07, 6.45) is 2.06. The molecule has 1 aromatic carbocycles. The van der Waals surface area contributed by atoms with Gasteiger partial charge in [0, 0.05) is 50.8 Å². The molecule has 2 N–H and O–H groups in total. The highest BCUT2D eigenvalue weighted by molar-refractivity contribution is 14.0. The summed E-state index contributed by atoms with van der Waals surface area (Å²) in [6.45, 7) is 4.87. The van der Waals surface area contributed by atoms with Crippen molar-refractivity contribution in [2.24, 2.45) is 10.9 Å². The lowest BCUT2D eigenvalue weighted by Gasteiger charge is -2.12. The molecule has 0 aromatic heterocycles. The molecule has 0 saturated carbocycles. The number of rotatable bonds is 11. The second-order valence-corrected chi connectivity index (χ2v) is 7.33. The first kappa shape index (κ1) is 24.5. The first-order chi connectivity index (χ1) is 12.8. The standard InChI is InChI=1S/C19H30FN3O2S.HI/c1-21-19(22-8-4-10-24-13-16-7-11-25-14-16)23-9-12-26-15-17-5-2-3-6-18(17)20;/h2-3,5-6,16H,4,7-15H2,1H3,(H2,21,22,23);1H. The molecule has 1 fully saturated rings. The van der Waals surface area contributed by atoms with Gasteiger partial charge >= 0.3 is 0 Å². The van der Waals surface area contributed by atoms with Crippen molar-refractivity contribution in [3.8, 4) is 0 Å². The Hall–Kier alpha value is -0.580. The summed E-state index contributed by atoms with van der Waals surface area (Å²) in [5.74, 6) is 2.80. The molecule has 2 rings (SSSR count). The smallest absolute Gasteiger partial charge is 0.191 e. The molecule has 1 atom stereocenters. The largest absolute Gasteiger partial charge is 0.381 e. The minimum Gasteiger partial charge on any atom is -0.381 e. The molecular weight excluding hydrogens is 480 g/mol. The minimum absolute atomic E-state index is 0. The summed E-state index contributed by atoms with van der Waals surface area (Å²) in [4.78, 5) is 4.21. The lowest BCUT2D eigenvalue weighted by molar-refractivity contribution is 0.0888. The molecule has 1 aliphatic heterocycles. The van der Waals surface area contributed by atoms with Gasteiger partial charge < -0.3 is 20.1 Å². The molecule has 1 aromatic rings. The van der Waals surface area contributed by atoms with Crippen molar-refractivity contribution in [1.82, 2.24) is 10.6 Å². The minimum atomic E-state index is -0.131.